The normalized spacial score (nSPS) is 18.3. The van der Waals surface area contributed by atoms with Crippen molar-refractivity contribution in [3.05, 3.63) is 29.8 Å². The third-order valence-corrected chi connectivity index (χ3v) is 3.91. The topological polar surface area (TPSA) is 3.24 Å². The highest BCUT2D eigenvalue weighted by Crippen LogP contribution is 2.38. The van der Waals surface area contributed by atoms with E-state index < -0.39 is 11.7 Å². The van der Waals surface area contributed by atoms with Gasteiger partial charge < -0.3 is 0 Å². The summed E-state index contributed by atoms with van der Waals surface area (Å²) < 4.78 is 40.3. The molecule has 0 amide bonds. The Morgan fingerprint density at radius 1 is 1.00 bits per heavy atom. The van der Waals surface area contributed by atoms with Crippen molar-refractivity contribution < 1.29 is 13.2 Å². The number of alkyl halides is 3. The van der Waals surface area contributed by atoms with Crippen LogP contribution in [-0.2, 0) is 6.18 Å². The molecule has 1 aromatic carbocycles. The first-order valence-corrected chi connectivity index (χ1v) is 6.44. The summed E-state index contributed by atoms with van der Waals surface area (Å²) in [7, 11) is 0. The van der Waals surface area contributed by atoms with Crippen molar-refractivity contribution in [3.8, 4) is 0 Å². The largest absolute Gasteiger partial charge is 0.417 e. The lowest BCUT2D eigenvalue weighted by atomic mass is 10.2. The van der Waals surface area contributed by atoms with Crippen LogP contribution in [0.15, 0.2) is 29.2 Å². The third-order valence-electron chi connectivity index (χ3n) is 2.73. The molecule has 0 unspecified atom stereocenters. The Morgan fingerprint density at radius 3 is 2.29 bits per heavy atom. The maximum absolute atomic E-state index is 12.8. The zero-order chi connectivity index (χ0) is 12.3. The van der Waals surface area contributed by atoms with E-state index in [1.54, 1.807) is 12.1 Å². The first kappa shape index (κ1) is 12.8. The lowest BCUT2D eigenvalue weighted by Gasteiger charge is -2.26. The predicted molar refractivity (Wildman–Crippen MR) is 62.7 cm³/mol. The molecule has 1 aromatic rings. The average molecular weight is 261 g/mol. The summed E-state index contributed by atoms with van der Waals surface area (Å²) in [4.78, 5) is 0.307. The van der Waals surface area contributed by atoms with Gasteiger partial charge in [0, 0.05) is 18.0 Å². The number of hydrogen-bond donors (Lipinski definition) is 0. The summed E-state index contributed by atoms with van der Waals surface area (Å²) in [5.41, 5.74) is -0.532. The molecule has 1 aliphatic heterocycles. The van der Waals surface area contributed by atoms with Crippen LogP contribution in [0.2, 0.25) is 0 Å². The van der Waals surface area contributed by atoms with Gasteiger partial charge in [0.05, 0.1) is 5.56 Å². The molecule has 0 aromatic heterocycles. The molecule has 0 bridgehead atoms. The van der Waals surface area contributed by atoms with Gasteiger partial charge in [0.25, 0.3) is 0 Å². The lowest BCUT2D eigenvalue weighted by Crippen LogP contribution is -2.23. The highest BCUT2D eigenvalue weighted by Gasteiger charge is 2.33. The molecule has 0 atom stereocenters. The molecular formula is C12H14F3NS. The van der Waals surface area contributed by atoms with Crippen LogP contribution in [0.3, 0.4) is 0 Å². The molecule has 0 saturated carbocycles. The van der Waals surface area contributed by atoms with Crippen molar-refractivity contribution >= 4 is 11.9 Å². The van der Waals surface area contributed by atoms with E-state index in [0.717, 1.165) is 32.0 Å². The van der Waals surface area contributed by atoms with E-state index in [9.17, 15) is 13.2 Å². The molecule has 0 radical (unpaired) electrons. The van der Waals surface area contributed by atoms with Crippen molar-refractivity contribution in [1.82, 2.24) is 4.31 Å². The first-order chi connectivity index (χ1) is 8.07. The van der Waals surface area contributed by atoms with Gasteiger partial charge in [0.2, 0.25) is 0 Å². The van der Waals surface area contributed by atoms with E-state index in [4.69, 9.17) is 0 Å². The van der Waals surface area contributed by atoms with E-state index in [-0.39, 0.29) is 0 Å². The Kier molecular flexibility index (Phi) is 3.99. The van der Waals surface area contributed by atoms with Crippen molar-refractivity contribution in [2.24, 2.45) is 0 Å². The number of piperidine rings is 1. The van der Waals surface area contributed by atoms with Gasteiger partial charge >= 0.3 is 6.18 Å². The highest BCUT2D eigenvalue weighted by atomic mass is 32.2. The summed E-state index contributed by atoms with van der Waals surface area (Å²) in [6, 6.07) is 5.78. The van der Waals surface area contributed by atoms with E-state index >= 15 is 0 Å². The molecule has 2 rings (SSSR count). The second-order valence-electron chi connectivity index (χ2n) is 4.07. The van der Waals surface area contributed by atoms with Crippen LogP contribution in [-0.4, -0.2) is 17.4 Å². The maximum atomic E-state index is 12.8. The minimum Gasteiger partial charge on any atom is -0.246 e. The van der Waals surface area contributed by atoms with Gasteiger partial charge in [-0.05, 0) is 36.9 Å². The molecule has 5 heteroatoms. The summed E-state index contributed by atoms with van der Waals surface area (Å²) in [6.07, 6.45) is -0.945. The SMILES string of the molecule is FC(F)(F)c1ccccc1SN1CCCCC1. The maximum Gasteiger partial charge on any atom is 0.417 e. The smallest absolute Gasteiger partial charge is 0.246 e. The predicted octanol–water partition coefficient (Wildman–Crippen LogP) is 4.20. The molecule has 1 fully saturated rings. The van der Waals surface area contributed by atoms with Crippen LogP contribution in [0.1, 0.15) is 24.8 Å². The minimum absolute atomic E-state index is 0.307. The number of nitrogens with zero attached hydrogens (tertiary/aromatic N) is 1. The molecular weight excluding hydrogens is 247 g/mol. The molecule has 0 spiro atoms. The molecule has 17 heavy (non-hydrogen) atoms. The number of rotatable bonds is 2. The zero-order valence-electron chi connectivity index (χ0n) is 9.33. The molecule has 1 aliphatic rings. The molecule has 1 saturated heterocycles. The number of benzene rings is 1. The number of halogens is 3. The molecule has 94 valence electrons. The van der Waals surface area contributed by atoms with E-state index in [1.165, 1.54) is 24.4 Å². The van der Waals surface area contributed by atoms with Crippen molar-refractivity contribution in [2.45, 2.75) is 30.3 Å². The Balaban J connectivity index is 2.14. The average Bonchev–Trinajstić information content (AvgIpc) is 2.30. The van der Waals surface area contributed by atoms with Crippen LogP contribution >= 0.6 is 11.9 Å². The lowest BCUT2D eigenvalue weighted by molar-refractivity contribution is -0.139. The minimum atomic E-state index is -4.26. The van der Waals surface area contributed by atoms with Gasteiger partial charge in [-0.1, -0.05) is 18.6 Å². The van der Waals surface area contributed by atoms with E-state index in [0.29, 0.717) is 4.90 Å². The molecule has 0 aliphatic carbocycles. The van der Waals surface area contributed by atoms with Crippen LogP contribution in [0.25, 0.3) is 0 Å². The van der Waals surface area contributed by atoms with Crippen LogP contribution in [0, 0.1) is 0 Å². The van der Waals surface area contributed by atoms with E-state index in [2.05, 4.69) is 0 Å². The second kappa shape index (κ2) is 5.31. The molecule has 0 N–H and O–H groups in total. The van der Waals surface area contributed by atoms with Gasteiger partial charge in [0.1, 0.15) is 0 Å². The van der Waals surface area contributed by atoms with Gasteiger partial charge in [-0.2, -0.15) is 13.2 Å². The zero-order valence-corrected chi connectivity index (χ0v) is 10.2. The van der Waals surface area contributed by atoms with Crippen molar-refractivity contribution in [3.63, 3.8) is 0 Å². The Labute approximate surface area is 103 Å². The summed E-state index contributed by atoms with van der Waals surface area (Å²) >= 11 is 1.23. The van der Waals surface area contributed by atoms with Gasteiger partial charge in [0.15, 0.2) is 0 Å². The Bertz CT molecular complexity index is 372. The second-order valence-corrected chi connectivity index (χ2v) is 5.21. The summed E-state index contributed by atoms with van der Waals surface area (Å²) in [6.45, 7) is 1.74. The van der Waals surface area contributed by atoms with E-state index in [1.807, 2.05) is 4.31 Å². The molecule has 1 heterocycles. The first-order valence-electron chi connectivity index (χ1n) is 5.66. The quantitative estimate of drug-likeness (QED) is 0.734. The standard InChI is InChI=1S/C12H14F3NS/c13-12(14,15)10-6-2-3-7-11(10)17-16-8-4-1-5-9-16/h2-3,6-7H,1,4-5,8-9H2. The van der Waals surface area contributed by atoms with Gasteiger partial charge in [-0.15, -0.1) is 0 Å². The van der Waals surface area contributed by atoms with Gasteiger partial charge in [-0.25, -0.2) is 4.31 Å². The monoisotopic (exact) mass is 261 g/mol. The van der Waals surface area contributed by atoms with Crippen LogP contribution in [0.4, 0.5) is 13.2 Å². The Morgan fingerprint density at radius 2 is 1.65 bits per heavy atom. The fourth-order valence-electron chi connectivity index (χ4n) is 1.88. The molecule has 1 nitrogen and oxygen atoms in total. The fraction of sp³-hybridized carbons (Fsp3) is 0.500. The fourth-order valence-corrected chi connectivity index (χ4v) is 3.02. The highest BCUT2D eigenvalue weighted by molar-refractivity contribution is 7.97. The third kappa shape index (κ3) is 3.39. The number of hydrogen-bond acceptors (Lipinski definition) is 2. The van der Waals surface area contributed by atoms with Crippen LogP contribution in [0.5, 0.6) is 0 Å². The van der Waals surface area contributed by atoms with Crippen molar-refractivity contribution in [2.75, 3.05) is 13.1 Å². The summed E-state index contributed by atoms with van der Waals surface area (Å²) in [5, 5.41) is 0. The van der Waals surface area contributed by atoms with Gasteiger partial charge in [-0.3, -0.25) is 0 Å². The summed E-state index contributed by atoms with van der Waals surface area (Å²) in [5.74, 6) is 0. The Hall–Kier alpha value is -0.680. The van der Waals surface area contributed by atoms with Crippen LogP contribution < -0.4 is 0 Å². The van der Waals surface area contributed by atoms with Crippen molar-refractivity contribution in [1.29, 1.82) is 0 Å².